The summed E-state index contributed by atoms with van der Waals surface area (Å²) in [6.45, 7) is 1.66. The number of aryl methyl sites for hydroxylation is 1. The Morgan fingerprint density at radius 1 is 1.20 bits per heavy atom. The zero-order chi connectivity index (χ0) is 14.4. The predicted octanol–water partition coefficient (Wildman–Crippen LogP) is 2.61. The molecule has 1 aromatic heterocycles. The number of benzene rings is 2. The molecule has 0 saturated heterocycles. The minimum Gasteiger partial charge on any atom is -0.508 e. The van der Waals surface area contributed by atoms with Crippen molar-refractivity contribution in [2.45, 2.75) is 6.92 Å². The van der Waals surface area contributed by atoms with Gasteiger partial charge in [-0.1, -0.05) is 0 Å². The van der Waals surface area contributed by atoms with Crippen LogP contribution >= 0.6 is 0 Å². The highest BCUT2D eigenvalue weighted by Crippen LogP contribution is 2.24. The summed E-state index contributed by atoms with van der Waals surface area (Å²) in [5.41, 5.74) is 0.434. The summed E-state index contributed by atoms with van der Waals surface area (Å²) in [5, 5.41) is 9.39. The van der Waals surface area contributed by atoms with E-state index in [4.69, 9.17) is 0 Å². The monoisotopic (exact) mass is 276 g/mol. The van der Waals surface area contributed by atoms with E-state index in [1.807, 2.05) is 0 Å². The predicted molar refractivity (Wildman–Crippen MR) is 70.2 cm³/mol. The van der Waals surface area contributed by atoms with Crippen LogP contribution in [-0.4, -0.2) is 14.7 Å². The highest BCUT2D eigenvalue weighted by atomic mass is 19.2. The van der Waals surface area contributed by atoms with Gasteiger partial charge in [0.2, 0.25) is 0 Å². The van der Waals surface area contributed by atoms with Gasteiger partial charge in [-0.15, -0.1) is 0 Å². The van der Waals surface area contributed by atoms with Crippen LogP contribution in [-0.2, 0) is 0 Å². The Labute approximate surface area is 111 Å². The highest BCUT2D eigenvalue weighted by molar-refractivity contribution is 5.78. The molecule has 6 heteroatoms. The van der Waals surface area contributed by atoms with E-state index in [0.29, 0.717) is 11.3 Å². The Hall–Kier alpha value is -2.63. The van der Waals surface area contributed by atoms with Crippen LogP contribution in [0.1, 0.15) is 5.56 Å². The molecule has 2 aromatic carbocycles. The number of aromatic hydroxyl groups is 1. The van der Waals surface area contributed by atoms with Crippen molar-refractivity contribution in [1.82, 2.24) is 9.55 Å². The molecule has 0 amide bonds. The molecule has 0 bridgehead atoms. The van der Waals surface area contributed by atoms with Crippen molar-refractivity contribution in [2.75, 3.05) is 0 Å². The van der Waals surface area contributed by atoms with Gasteiger partial charge in [0.25, 0.3) is 0 Å². The van der Waals surface area contributed by atoms with Gasteiger partial charge in [0.1, 0.15) is 11.3 Å². The second-order valence-corrected chi connectivity index (χ2v) is 4.49. The zero-order valence-electron chi connectivity index (χ0n) is 10.4. The van der Waals surface area contributed by atoms with Gasteiger partial charge >= 0.3 is 5.69 Å². The Balaban J connectivity index is 2.44. The molecule has 20 heavy (non-hydrogen) atoms. The molecule has 0 aliphatic heterocycles. The molecule has 3 aromatic rings. The third kappa shape index (κ3) is 1.69. The van der Waals surface area contributed by atoms with Crippen molar-refractivity contribution >= 4 is 11.0 Å². The minimum atomic E-state index is -1.09. The van der Waals surface area contributed by atoms with Crippen molar-refractivity contribution in [3.63, 3.8) is 0 Å². The third-order valence-electron chi connectivity index (χ3n) is 3.16. The molecular weight excluding hydrogens is 266 g/mol. The lowest BCUT2D eigenvalue weighted by molar-refractivity contribution is 0.474. The van der Waals surface area contributed by atoms with E-state index in [0.717, 1.165) is 10.6 Å². The van der Waals surface area contributed by atoms with Crippen LogP contribution in [0.15, 0.2) is 35.1 Å². The lowest BCUT2D eigenvalue weighted by Gasteiger charge is -2.08. The van der Waals surface area contributed by atoms with E-state index >= 15 is 0 Å². The van der Waals surface area contributed by atoms with Crippen molar-refractivity contribution in [3.05, 3.63) is 58.0 Å². The molecule has 0 unspecified atom stereocenters. The Morgan fingerprint density at radius 3 is 2.65 bits per heavy atom. The SMILES string of the molecule is Cc1cc(O)ccc1-n1c(=O)[nH]c2ccc(F)c(F)c21. The molecule has 0 radical (unpaired) electrons. The summed E-state index contributed by atoms with van der Waals surface area (Å²) in [6, 6.07) is 6.56. The number of nitrogens with one attached hydrogen (secondary N) is 1. The number of hydrogen-bond donors (Lipinski definition) is 2. The number of aromatic amines is 1. The van der Waals surface area contributed by atoms with Gasteiger partial charge in [0.05, 0.1) is 11.2 Å². The fourth-order valence-electron chi connectivity index (χ4n) is 2.25. The number of phenols is 1. The number of imidazole rings is 1. The van der Waals surface area contributed by atoms with Gasteiger partial charge in [-0.05, 0) is 42.8 Å². The van der Waals surface area contributed by atoms with Gasteiger partial charge in [-0.25, -0.2) is 13.6 Å². The molecule has 0 fully saturated rings. The summed E-state index contributed by atoms with van der Waals surface area (Å²) < 4.78 is 28.4. The number of rotatable bonds is 1. The summed E-state index contributed by atoms with van der Waals surface area (Å²) in [4.78, 5) is 14.5. The van der Waals surface area contributed by atoms with Crippen LogP contribution in [0.2, 0.25) is 0 Å². The second kappa shape index (κ2) is 4.19. The molecule has 1 heterocycles. The minimum absolute atomic E-state index is 0.0331. The first-order chi connectivity index (χ1) is 9.49. The lowest BCUT2D eigenvalue weighted by atomic mass is 10.2. The molecule has 0 saturated carbocycles. The number of aromatic nitrogens is 2. The van der Waals surface area contributed by atoms with Crippen LogP contribution in [0, 0.1) is 18.6 Å². The third-order valence-corrected chi connectivity index (χ3v) is 3.16. The van der Waals surface area contributed by atoms with E-state index in [1.54, 1.807) is 6.92 Å². The van der Waals surface area contributed by atoms with Crippen LogP contribution in [0.5, 0.6) is 5.75 Å². The number of H-pyrrole nitrogens is 1. The summed E-state index contributed by atoms with van der Waals surface area (Å²) in [6.07, 6.45) is 0. The number of nitrogens with zero attached hydrogens (tertiary/aromatic N) is 1. The van der Waals surface area contributed by atoms with E-state index < -0.39 is 17.3 Å². The van der Waals surface area contributed by atoms with Crippen LogP contribution < -0.4 is 5.69 Å². The maximum Gasteiger partial charge on any atom is 0.331 e. The van der Waals surface area contributed by atoms with E-state index in [2.05, 4.69) is 4.98 Å². The molecule has 0 spiro atoms. The first-order valence-electron chi connectivity index (χ1n) is 5.88. The first-order valence-corrected chi connectivity index (χ1v) is 5.88. The first kappa shape index (κ1) is 12.4. The molecule has 0 atom stereocenters. The van der Waals surface area contributed by atoms with Gasteiger partial charge in [-0.2, -0.15) is 0 Å². The Bertz CT molecular complexity index is 881. The normalized spacial score (nSPS) is 11.2. The van der Waals surface area contributed by atoms with Crippen molar-refractivity contribution < 1.29 is 13.9 Å². The van der Waals surface area contributed by atoms with E-state index in [-0.39, 0.29) is 16.8 Å². The van der Waals surface area contributed by atoms with Gasteiger partial charge in [0.15, 0.2) is 11.6 Å². The molecule has 2 N–H and O–H groups in total. The van der Waals surface area contributed by atoms with Crippen LogP contribution in [0.25, 0.3) is 16.7 Å². The molecule has 4 nitrogen and oxygen atoms in total. The molecule has 0 aliphatic carbocycles. The van der Waals surface area contributed by atoms with Crippen molar-refractivity contribution in [3.8, 4) is 11.4 Å². The van der Waals surface area contributed by atoms with E-state index in [9.17, 15) is 18.7 Å². The average molecular weight is 276 g/mol. The largest absolute Gasteiger partial charge is 0.508 e. The second-order valence-electron chi connectivity index (χ2n) is 4.49. The van der Waals surface area contributed by atoms with Gasteiger partial charge in [-0.3, -0.25) is 4.57 Å². The number of halogens is 2. The topological polar surface area (TPSA) is 58.0 Å². The summed E-state index contributed by atoms with van der Waals surface area (Å²) in [5.74, 6) is -2.08. The smallest absolute Gasteiger partial charge is 0.331 e. The zero-order valence-corrected chi connectivity index (χ0v) is 10.4. The maximum atomic E-state index is 14.0. The summed E-state index contributed by atoms with van der Waals surface area (Å²) >= 11 is 0. The molecule has 0 aliphatic rings. The van der Waals surface area contributed by atoms with Crippen LogP contribution in [0.4, 0.5) is 8.78 Å². The molecular formula is C14H10F2N2O2. The van der Waals surface area contributed by atoms with Crippen LogP contribution in [0.3, 0.4) is 0 Å². The Kier molecular flexibility index (Phi) is 2.60. The average Bonchev–Trinajstić information content (AvgIpc) is 2.72. The lowest BCUT2D eigenvalue weighted by Crippen LogP contribution is -2.16. The maximum absolute atomic E-state index is 14.0. The van der Waals surface area contributed by atoms with Crippen molar-refractivity contribution in [1.29, 1.82) is 0 Å². The van der Waals surface area contributed by atoms with Crippen molar-refractivity contribution in [2.24, 2.45) is 0 Å². The molecule has 102 valence electrons. The van der Waals surface area contributed by atoms with Gasteiger partial charge < -0.3 is 10.1 Å². The summed E-state index contributed by atoms with van der Waals surface area (Å²) in [7, 11) is 0. The highest BCUT2D eigenvalue weighted by Gasteiger charge is 2.17. The standard InChI is InChI=1S/C14H10F2N2O2/c1-7-6-8(19)2-5-11(7)18-13-10(17-14(18)20)4-3-9(15)12(13)16/h2-6,19H,1H3,(H,17,20). The number of phenolic OH excluding ortho intramolecular Hbond substituents is 1. The quantitative estimate of drug-likeness (QED) is 0.717. The van der Waals surface area contributed by atoms with Gasteiger partial charge in [0, 0.05) is 0 Å². The fraction of sp³-hybridized carbons (Fsp3) is 0.0714. The Morgan fingerprint density at radius 2 is 1.95 bits per heavy atom. The number of fused-ring (bicyclic) bond motifs is 1. The fourth-order valence-corrected chi connectivity index (χ4v) is 2.25. The number of hydrogen-bond acceptors (Lipinski definition) is 2. The van der Waals surface area contributed by atoms with E-state index in [1.165, 1.54) is 24.3 Å². The molecule has 3 rings (SSSR count).